The van der Waals surface area contributed by atoms with Gasteiger partial charge in [-0.1, -0.05) is 25.8 Å². The van der Waals surface area contributed by atoms with Gasteiger partial charge in [0.1, 0.15) is 0 Å². The average Bonchev–Trinajstić information content (AvgIpc) is 2.34. The Hall–Kier alpha value is -1.84. The highest BCUT2D eigenvalue weighted by molar-refractivity contribution is 6.02. The van der Waals surface area contributed by atoms with Gasteiger partial charge in [-0.05, 0) is 37.5 Å². The average molecular weight is 262 g/mol. The summed E-state index contributed by atoms with van der Waals surface area (Å²) in [5, 5.41) is 2.89. The van der Waals surface area contributed by atoms with Crippen molar-refractivity contribution in [3.63, 3.8) is 0 Å². The molecule has 0 aromatic heterocycles. The van der Waals surface area contributed by atoms with Crippen LogP contribution in [0.3, 0.4) is 0 Å². The summed E-state index contributed by atoms with van der Waals surface area (Å²) >= 11 is 0. The van der Waals surface area contributed by atoms with Crippen molar-refractivity contribution in [1.82, 2.24) is 5.32 Å². The second-order valence-electron chi connectivity index (χ2n) is 4.76. The van der Waals surface area contributed by atoms with Crippen LogP contribution in [0.2, 0.25) is 0 Å². The molecule has 0 spiro atoms. The third-order valence-electron chi connectivity index (χ3n) is 3.23. The van der Waals surface area contributed by atoms with Crippen molar-refractivity contribution in [3.05, 3.63) is 34.4 Å². The molecule has 0 aliphatic rings. The quantitative estimate of drug-likeness (QED) is 0.772. The number of benzene rings is 1. The van der Waals surface area contributed by atoms with E-state index in [1.54, 1.807) is 19.1 Å². The van der Waals surface area contributed by atoms with E-state index < -0.39 is 5.91 Å². The van der Waals surface area contributed by atoms with Gasteiger partial charge in [0.05, 0.1) is 0 Å². The van der Waals surface area contributed by atoms with Gasteiger partial charge in [-0.15, -0.1) is 0 Å². The van der Waals surface area contributed by atoms with Crippen LogP contribution >= 0.6 is 0 Å². The minimum Gasteiger partial charge on any atom is -0.366 e. The number of hydrogen-bond donors (Lipinski definition) is 2. The number of primary amides is 1. The molecule has 104 valence electrons. The third kappa shape index (κ3) is 3.81. The minimum atomic E-state index is -0.502. The summed E-state index contributed by atoms with van der Waals surface area (Å²) in [6.07, 6.45) is 3.18. The largest absolute Gasteiger partial charge is 0.366 e. The first-order valence-corrected chi connectivity index (χ1v) is 6.67. The van der Waals surface area contributed by atoms with Crippen molar-refractivity contribution < 1.29 is 9.59 Å². The molecule has 4 nitrogen and oxygen atoms in total. The van der Waals surface area contributed by atoms with Gasteiger partial charge in [0, 0.05) is 17.7 Å². The number of carbonyl (C=O) groups is 2. The maximum absolute atomic E-state index is 12.2. The van der Waals surface area contributed by atoms with Crippen molar-refractivity contribution in [2.45, 2.75) is 40.0 Å². The highest BCUT2D eigenvalue weighted by atomic mass is 16.2. The SMILES string of the molecule is CCCCCNC(=O)c1c(C)ccc(C(N)=O)c1C. The lowest BCUT2D eigenvalue weighted by Gasteiger charge is -2.12. The number of hydrogen-bond acceptors (Lipinski definition) is 2. The van der Waals surface area contributed by atoms with E-state index in [-0.39, 0.29) is 5.91 Å². The molecular weight excluding hydrogens is 240 g/mol. The molecule has 0 bridgehead atoms. The number of nitrogens with one attached hydrogen (secondary N) is 1. The van der Waals surface area contributed by atoms with Gasteiger partial charge in [0.15, 0.2) is 0 Å². The first kappa shape index (κ1) is 15.2. The number of nitrogens with two attached hydrogens (primary N) is 1. The van der Waals surface area contributed by atoms with Crippen molar-refractivity contribution in [2.24, 2.45) is 5.73 Å². The second kappa shape index (κ2) is 6.92. The molecule has 2 amide bonds. The summed E-state index contributed by atoms with van der Waals surface area (Å²) in [6.45, 7) is 6.39. The summed E-state index contributed by atoms with van der Waals surface area (Å²) in [5.74, 6) is -0.633. The highest BCUT2D eigenvalue weighted by Gasteiger charge is 2.16. The summed E-state index contributed by atoms with van der Waals surface area (Å²) in [4.78, 5) is 23.5. The lowest BCUT2D eigenvalue weighted by Crippen LogP contribution is -2.27. The smallest absolute Gasteiger partial charge is 0.251 e. The van der Waals surface area contributed by atoms with Crippen LogP contribution in [-0.4, -0.2) is 18.4 Å². The van der Waals surface area contributed by atoms with E-state index in [1.807, 2.05) is 6.92 Å². The highest BCUT2D eigenvalue weighted by Crippen LogP contribution is 2.18. The van der Waals surface area contributed by atoms with Crippen molar-refractivity contribution in [2.75, 3.05) is 6.54 Å². The zero-order chi connectivity index (χ0) is 14.4. The number of carbonyl (C=O) groups excluding carboxylic acids is 2. The molecule has 3 N–H and O–H groups in total. The van der Waals surface area contributed by atoms with E-state index in [9.17, 15) is 9.59 Å². The number of rotatable bonds is 6. The van der Waals surface area contributed by atoms with E-state index in [0.29, 0.717) is 23.2 Å². The predicted octanol–water partition coefficient (Wildman–Crippen LogP) is 2.32. The molecule has 0 aliphatic carbocycles. The van der Waals surface area contributed by atoms with Crippen molar-refractivity contribution >= 4 is 11.8 Å². The lowest BCUT2D eigenvalue weighted by molar-refractivity contribution is 0.0951. The summed E-state index contributed by atoms with van der Waals surface area (Å²) in [6, 6.07) is 3.43. The summed E-state index contributed by atoms with van der Waals surface area (Å²) in [7, 11) is 0. The van der Waals surface area contributed by atoms with Crippen LogP contribution < -0.4 is 11.1 Å². The Morgan fingerprint density at radius 1 is 1.21 bits per heavy atom. The van der Waals surface area contributed by atoms with Crippen LogP contribution in [0, 0.1) is 13.8 Å². The van der Waals surface area contributed by atoms with Gasteiger partial charge in [-0.25, -0.2) is 0 Å². The van der Waals surface area contributed by atoms with Gasteiger partial charge < -0.3 is 11.1 Å². The third-order valence-corrected chi connectivity index (χ3v) is 3.23. The van der Waals surface area contributed by atoms with E-state index in [0.717, 1.165) is 24.8 Å². The maximum atomic E-state index is 12.2. The van der Waals surface area contributed by atoms with E-state index in [4.69, 9.17) is 5.73 Å². The van der Waals surface area contributed by atoms with Crippen LogP contribution in [0.1, 0.15) is 58.0 Å². The van der Waals surface area contributed by atoms with E-state index in [1.165, 1.54) is 0 Å². The summed E-state index contributed by atoms with van der Waals surface area (Å²) < 4.78 is 0. The standard InChI is InChI=1S/C15H22N2O2/c1-4-5-6-9-17-15(19)13-10(2)7-8-12(11(13)3)14(16)18/h7-8H,4-6,9H2,1-3H3,(H2,16,18)(H,17,19). The fourth-order valence-electron chi connectivity index (χ4n) is 2.13. The van der Waals surface area contributed by atoms with Crippen LogP contribution in [0.5, 0.6) is 0 Å². The molecule has 0 atom stereocenters. The van der Waals surface area contributed by atoms with E-state index >= 15 is 0 Å². The predicted molar refractivity (Wildman–Crippen MR) is 76.3 cm³/mol. The molecule has 0 unspecified atom stereocenters. The molecule has 1 aromatic carbocycles. The second-order valence-corrected chi connectivity index (χ2v) is 4.76. The first-order chi connectivity index (χ1) is 8.99. The normalized spacial score (nSPS) is 10.3. The van der Waals surface area contributed by atoms with Gasteiger partial charge >= 0.3 is 0 Å². The Kier molecular flexibility index (Phi) is 5.55. The Labute approximate surface area is 114 Å². The molecular formula is C15H22N2O2. The van der Waals surface area contributed by atoms with Crippen molar-refractivity contribution in [1.29, 1.82) is 0 Å². The minimum absolute atomic E-state index is 0.130. The zero-order valence-electron chi connectivity index (χ0n) is 11.9. The molecule has 0 fully saturated rings. The van der Waals surface area contributed by atoms with Gasteiger partial charge in [-0.2, -0.15) is 0 Å². The molecule has 1 aromatic rings. The van der Waals surface area contributed by atoms with E-state index in [2.05, 4.69) is 12.2 Å². The fourth-order valence-corrected chi connectivity index (χ4v) is 2.13. The number of unbranched alkanes of at least 4 members (excludes halogenated alkanes) is 2. The van der Waals surface area contributed by atoms with Crippen LogP contribution in [0.15, 0.2) is 12.1 Å². The molecule has 1 rings (SSSR count). The lowest BCUT2D eigenvalue weighted by atomic mass is 9.96. The van der Waals surface area contributed by atoms with Gasteiger partial charge in [0.25, 0.3) is 5.91 Å². The monoisotopic (exact) mass is 262 g/mol. The topological polar surface area (TPSA) is 72.2 Å². The zero-order valence-corrected chi connectivity index (χ0v) is 11.9. The van der Waals surface area contributed by atoms with Crippen molar-refractivity contribution in [3.8, 4) is 0 Å². The molecule has 0 heterocycles. The maximum Gasteiger partial charge on any atom is 0.251 e. The van der Waals surface area contributed by atoms with Crippen LogP contribution in [0.4, 0.5) is 0 Å². The Balaban J connectivity index is 2.90. The van der Waals surface area contributed by atoms with Crippen LogP contribution in [-0.2, 0) is 0 Å². The Morgan fingerprint density at radius 2 is 1.89 bits per heavy atom. The molecule has 0 saturated carbocycles. The first-order valence-electron chi connectivity index (χ1n) is 6.67. The fraction of sp³-hybridized carbons (Fsp3) is 0.467. The Bertz CT molecular complexity index is 481. The molecule has 0 saturated heterocycles. The summed E-state index contributed by atoms with van der Waals surface area (Å²) in [5.41, 5.74) is 7.78. The number of amides is 2. The van der Waals surface area contributed by atoms with Crippen LogP contribution in [0.25, 0.3) is 0 Å². The molecule has 4 heteroatoms. The molecule has 19 heavy (non-hydrogen) atoms. The van der Waals surface area contributed by atoms with Gasteiger partial charge in [0.2, 0.25) is 5.91 Å². The Morgan fingerprint density at radius 3 is 2.47 bits per heavy atom. The molecule has 0 aliphatic heterocycles. The number of aryl methyl sites for hydroxylation is 1. The van der Waals surface area contributed by atoms with Gasteiger partial charge in [-0.3, -0.25) is 9.59 Å². The molecule has 0 radical (unpaired) electrons.